The first-order valence-corrected chi connectivity index (χ1v) is 11.8. The standard InChI is InChI=1S/C23H15ClIN3O4S/c24-18-4-2-1-3-15(18)13-32-20-7-5-14(9-19(20)25)12-26-27-23(29)22-11-16-10-17(28(30)31)6-8-21(16)33-22/h1-12H,13H2,(H,27,29)/b26-12-. The van der Waals surface area contributed by atoms with Crippen LogP contribution >= 0.6 is 45.5 Å². The molecule has 0 bridgehead atoms. The fourth-order valence-corrected chi connectivity index (χ4v) is 4.78. The summed E-state index contributed by atoms with van der Waals surface area (Å²) < 4.78 is 7.54. The Hall–Kier alpha value is -3.02. The maximum Gasteiger partial charge on any atom is 0.281 e. The molecular weight excluding hydrogens is 577 g/mol. The van der Waals surface area contributed by atoms with E-state index in [0.29, 0.717) is 21.9 Å². The minimum Gasteiger partial charge on any atom is -0.488 e. The lowest BCUT2D eigenvalue weighted by Gasteiger charge is -2.10. The molecule has 4 rings (SSSR count). The van der Waals surface area contributed by atoms with Crippen LogP contribution in [0, 0.1) is 13.7 Å². The van der Waals surface area contributed by atoms with Crippen LogP contribution in [0.25, 0.3) is 10.1 Å². The van der Waals surface area contributed by atoms with Crippen molar-refractivity contribution in [2.45, 2.75) is 6.61 Å². The van der Waals surface area contributed by atoms with Crippen LogP contribution in [0.15, 0.2) is 71.8 Å². The number of hydrazone groups is 1. The van der Waals surface area contributed by atoms with Crippen LogP contribution in [0.4, 0.5) is 5.69 Å². The van der Waals surface area contributed by atoms with Gasteiger partial charge in [-0.25, -0.2) is 5.43 Å². The van der Waals surface area contributed by atoms with Gasteiger partial charge in [-0.1, -0.05) is 29.8 Å². The van der Waals surface area contributed by atoms with Gasteiger partial charge in [0.25, 0.3) is 11.6 Å². The number of nitrogens with zero attached hydrogens (tertiary/aromatic N) is 2. The zero-order valence-corrected chi connectivity index (χ0v) is 20.6. The number of nitro groups is 1. The van der Waals surface area contributed by atoms with Gasteiger partial charge in [-0.05, 0) is 64.6 Å². The van der Waals surface area contributed by atoms with Gasteiger partial charge in [0.1, 0.15) is 12.4 Å². The molecule has 1 heterocycles. The van der Waals surface area contributed by atoms with Gasteiger partial charge in [0.2, 0.25) is 0 Å². The molecule has 0 spiro atoms. The first-order valence-electron chi connectivity index (χ1n) is 9.58. The van der Waals surface area contributed by atoms with Crippen LogP contribution in [0.1, 0.15) is 20.8 Å². The second kappa shape index (κ2) is 10.3. The lowest BCUT2D eigenvalue weighted by atomic mass is 10.2. The molecule has 0 saturated heterocycles. The summed E-state index contributed by atoms with van der Waals surface area (Å²) in [5.41, 5.74) is 4.17. The zero-order chi connectivity index (χ0) is 23.4. The summed E-state index contributed by atoms with van der Waals surface area (Å²) in [5, 5.41) is 16.2. The smallest absolute Gasteiger partial charge is 0.281 e. The summed E-state index contributed by atoms with van der Waals surface area (Å²) in [6.45, 7) is 0.359. The Kier molecular flexibility index (Phi) is 7.21. The Morgan fingerprint density at radius 3 is 2.76 bits per heavy atom. The molecule has 4 aromatic rings. The maximum absolute atomic E-state index is 12.4. The Morgan fingerprint density at radius 2 is 2.00 bits per heavy atom. The van der Waals surface area contributed by atoms with Crippen molar-refractivity contribution in [1.82, 2.24) is 5.43 Å². The molecule has 0 aliphatic heterocycles. The largest absolute Gasteiger partial charge is 0.488 e. The summed E-state index contributed by atoms with van der Waals surface area (Å²) in [6, 6.07) is 19.2. The number of carbonyl (C=O) groups excluding carboxylic acids is 1. The molecule has 3 aromatic carbocycles. The Labute approximate surface area is 211 Å². The summed E-state index contributed by atoms with van der Waals surface area (Å²) in [4.78, 5) is 23.3. The lowest BCUT2D eigenvalue weighted by molar-refractivity contribution is -0.384. The molecule has 1 amide bonds. The van der Waals surface area contributed by atoms with Gasteiger partial charge >= 0.3 is 0 Å². The number of non-ortho nitro benzene ring substituents is 1. The van der Waals surface area contributed by atoms with E-state index in [9.17, 15) is 14.9 Å². The van der Waals surface area contributed by atoms with Gasteiger partial charge < -0.3 is 4.74 Å². The SMILES string of the molecule is O=C(N/N=C\c1ccc(OCc2ccccc2Cl)c(I)c1)c1cc2cc([N+](=O)[O-])ccc2s1. The average molecular weight is 592 g/mol. The van der Waals surface area contributed by atoms with Gasteiger partial charge in [0.15, 0.2) is 0 Å². The van der Waals surface area contributed by atoms with Crippen LogP contribution in [0.3, 0.4) is 0 Å². The highest BCUT2D eigenvalue weighted by Crippen LogP contribution is 2.29. The van der Waals surface area contributed by atoms with E-state index in [1.165, 1.54) is 29.7 Å². The number of amides is 1. The van der Waals surface area contributed by atoms with Crippen LogP contribution in [0.2, 0.25) is 5.02 Å². The fourth-order valence-electron chi connectivity index (χ4n) is 2.96. The molecule has 1 N–H and O–H groups in total. The number of fused-ring (bicyclic) bond motifs is 1. The summed E-state index contributed by atoms with van der Waals surface area (Å²) >= 11 is 9.58. The van der Waals surface area contributed by atoms with Crippen LogP contribution < -0.4 is 10.2 Å². The molecule has 0 aliphatic carbocycles. The van der Waals surface area contributed by atoms with Gasteiger partial charge in [-0.15, -0.1) is 11.3 Å². The molecule has 0 radical (unpaired) electrons. The zero-order valence-electron chi connectivity index (χ0n) is 16.8. The van der Waals surface area contributed by atoms with Gasteiger partial charge in [-0.2, -0.15) is 5.10 Å². The minimum absolute atomic E-state index is 0.0147. The number of benzene rings is 3. The molecular formula is C23H15ClIN3O4S. The second-order valence-electron chi connectivity index (χ2n) is 6.86. The monoisotopic (exact) mass is 591 g/mol. The minimum atomic E-state index is -0.463. The Balaban J connectivity index is 1.38. The van der Waals surface area contributed by atoms with Crippen molar-refractivity contribution in [3.63, 3.8) is 0 Å². The molecule has 0 fully saturated rings. The summed E-state index contributed by atoms with van der Waals surface area (Å²) in [7, 11) is 0. The van der Waals surface area contributed by atoms with Crippen molar-refractivity contribution in [3.8, 4) is 5.75 Å². The second-order valence-corrected chi connectivity index (χ2v) is 9.51. The maximum atomic E-state index is 12.4. The van der Waals surface area contributed by atoms with E-state index < -0.39 is 4.92 Å². The van der Waals surface area contributed by atoms with Crippen molar-refractivity contribution < 1.29 is 14.5 Å². The first-order chi connectivity index (χ1) is 15.9. The van der Waals surface area contributed by atoms with Crippen molar-refractivity contribution in [3.05, 3.63) is 101 Å². The van der Waals surface area contributed by atoms with Gasteiger partial charge in [-0.3, -0.25) is 14.9 Å². The highest BCUT2D eigenvalue weighted by Gasteiger charge is 2.13. The van der Waals surface area contributed by atoms with E-state index in [0.717, 1.165) is 25.1 Å². The molecule has 0 aliphatic rings. The molecule has 7 nitrogen and oxygen atoms in total. The topological polar surface area (TPSA) is 93.8 Å². The molecule has 166 valence electrons. The molecule has 33 heavy (non-hydrogen) atoms. The van der Waals surface area contributed by atoms with E-state index in [1.807, 2.05) is 42.5 Å². The predicted octanol–water partition coefficient (Wildman–Crippen LogP) is 6.41. The summed E-state index contributed by atoms with van der Waals surface area (Å²) in [5.74, 6) is 0.334. The highest BCUT2D eigenvalue weighted by atomic mass is 127. The number of halogens is 2. The molecule has 0 unspecified atom stereocenters. The number of rotatable bonds is 7. The van der Waals surface area contributed by atoms with Crippen LogP contribution in [0.5, 0.6) is 5.75 Å². The molecule has 0 saturated carbocycles. The van der Waals surface area contributed by atoms with E-state index >= 15 is 0 Å². The number of nitrogens with one attached hydrogen (secondary N) is 1. The first kappa shape index (κ1) is 23.1. The van der Waals surface area contributed by atoms with Crippen molar-refractivity contribution in [2.24, 2.45) is 5.10 Å². The quantitative estimate of drug-likeness (QED) is 0.116. The number of ether oxygens (including phenoxy) is 1. The number of carbonyl (C=O) groups is 1. The molecule has 10 heteroatoms. The molecule has 1 aromatic heterocycles. The van der Waals surface area contributed by atoms with Crippen LogP contribution in [-0.4, -0.2) is 17.0 Å². The van der Waals surface area contributed by atoms with Gasteiger partial charge in [0.05, 0.1) is 19.6 Å². The lowest BCUT2D eigenvalue weighted by Crippen LogP contribution is -2.16. The summed E-state index contributed by atoms with van der Waals surface area (Å²) in [6.07, 6.45) is 1.54. The fraction of sp³-hybridized carbons (Fsp3) is 0.0435. The average Bonchev–Trinajstić information content (AvgIpc) is 3.23. The molecule has 0 atom stereocenters. The number of hydrogen-bond donors (Lipinski definition) is 1. The van der Waals surface area contributed by atoms with Crippen molar-refractivity contribution in [1.29, 1.82) is 0 Å². The van der Waals surface area contributed by atoms with E-state index in [1.54, 1.807) is 12.1 Å². The van der Waals surface area contributed by atoms with Crippen molar-refractivity contribution >= 4 is 73.4 Å². The normalized spacial score (nSPS) is 11.1. The third-order valence-corrected chi connectivity index (χ3v) is 6.94. The predicted molar refractivity (Wildman–Crippen MR) is 138 cm³/mol. The van der Waals surface area contributed by atoms with E-state index in [-0.39, 0.29) is 11.6 Å². The van der Waals surface area contributed by atoms with Crippen LogP contribution in [-0.2, 0) is 6.61 Å². The number of thiophene rings is 1. The Morgan fingerprint density at radius 1 is 1.18 bits per heavy atom. The number of nitro benzene ring substituents is 1. The third-order valence-electron chi connectivity index (χ3n) is 4.61. The Bertz CT molecular complexity index is 1390. The van der Waals surface area contributed by atoms with E-state index in [2.05, 4.69) is 33.1 Å². The van der Waals surface area contributed by atoms with Gasteiger partial charge in [0, 0.05) is 32.8 Å². The van der Waals surface area contributed by atoms with Crippen molar-refractivity contribution in [2.75, 3.05) is 0 Å². The number of hydrogen-bond acceptors (Lipinski definition) is 6. The van der Waals surface area contributed by atoms with E-state index in [4.69, 9.17) is 16.3 Å². The third kappa shape index (κ3) is 5.67. The highest BCUT2D eigenvalue weighted by molar-refractivity contribution is 14.1.